The molecule has 0 aromatic carbocycles. The van der Waals surface area contributed by atoms with Gasteiger partial charge in [-0.25, -0.2) is 4.39 Å². The summed E-state index contributed by atoms with van der Waals surface area (Å²) in [7, 11) is 0. The summed E-state index contributed by atoms with van der Waals surface area (Å²) in [5.41, 5.74) is 1.42. The molecule has 4 rings (SSSR count). The maximum absolute atomic E-state index is 14.3. The van der Waals surface area contributed by atoms with Gasteiger partial charge >= 0.3 is 0 Å². The van der Waals surface area contributed by atoms with Crippen LogP contribution in [0.3, 0.4) is 0 Å². The van der Waals surface area contributed by atoms with Gasteiger partial charge in [0.05, 0.1) is 12.2 Å². The topological polar surface area (TPSA) is 40.5 Å². The van der Waals surface area contributed by atoms with Crippen molar-refractivity contribution in [2.24, 2.45) is 28.6 Å². The molecule has 2 nitrogen and oxygen atoms in total. The fraction of sp³-hybridized carbons (Fsp3) is 0.895. The maximum Gasteiger partial charge on any atom is 0.152 e. The van der Waals surface area contributed by atoms with Gasteiger partial charge in [0.2, 0.25) is 0 Å². The number of hydrogen-bond acceptors (Lipinski definition) is 2. The van der Waals surface area contributed by atoms with Crippen LogP contribution in [-0.2, 0) is 0 Å². The summed E-state index contributed by atoms with van der Waals surface area (Å²) in [4.78, 5) is 0. The molecule has 0 aromatic rings. The fourth-order valence-corrected chi connectivity index (χ4v) is 6.72. The van der Waals surface area contributed by atoms with Crippen LogP contribution in [0.4, 0.5) is 4.39 Å². The van der Waals surface area contributed by atoms with E-state index in [1.54, 1.807) is 5.57 Å². The molecule has 4 aliphatic carbocycles. The number of alkyl halides is 1. The second kappa shape index (κ2) is 4.80. The second-order valence-corrected chi connectivity index (χ2v) is 8.81. The molecule has 4 aliphatic rings. The number of aliphatic hydroxyl groups excluding tert-OH is 2. The summed E-state index contributed by atoms with van der Waals surface area (Å²) in [6.45, 7) is 4.41. The lowest BCUT2D eigenvalue weighted by molar-refractivity contribution is -0.0861. The third-order valence-corrected chi connectivity index (χ3v) is 7.99. The van der Waals surface area contributed by atoms with Crippen molar-refractivity contribution in [3.63, 3.8) is 0 Å². The van der Waals surface area contributed by atoms with E-state index in [0.717, 1.165) is 19.3 Å². The largest absolute Gasteiger partial charge is 0.390 e. The zero-order valence-corrected chi connectivity index (χ0v) is 13.8. The van der Waals surface area contributed by atoms with Crippen molar-refractivity contribution in [2.75, 3.05) is 0 Å². The SMILES string of the molecule is C[C@]12CCCCC1=CC[C@@H]1[C@H]2CC[C@]2(C)C(O)C(F)C(O)[C@@H]12. The first-order valence-corrected chi connectivity index (χ1v) is 9.09. The van der Waals surface area contributed by atoms with Gasteiger partial charge in [-0.1, -0.05) is 31.9 Å². The van der Waals surface area contributed by atoms with Crippen LogP contribution in [0.15, 0.2) is 11.6 Å². The predicted molar refractivity (Wildman–Crippen MR) is 84.0 cm³/mol. The van der Waals surface area contributed by atoms with E-state index in [4.69, 9.17) is 0 Å². The Morgan fingerprint density at radius 3 is 2.73 bits per heavy atom. The van der Waals surface area contributed by atoms with Gasteiger partial charge in [-0.2, -0.15) is 0 Å². The molecule has 124 valence electrons. The molecule has 0 aliphatic heterocycles. The molecule has 2 N–H and O–H groups in total. The lowest BCUT2D eigenvalue weighted by atomic mass is 9.48. The van der Waals surface area contributed by atoms with Crippen LogP contribution < -0.4 is 0 Å². The molecule has 3 unspecified atom stereocenters. The molecule has 0 heterocycles. The van der Waals surface area contributed by atoms with E-state index in [0.29, 0.717) is 11.8 Å². The van der Waals surface area contributed by atoms with Gasteiger partial charge in [0.15, 0.2) is 6.17 Å². The highest BCUT2D eigenvalue weighted by Gasteiger charge is 2.64. The molecule has 0 spiro atoms. The summed E-state index contributed by atoms with van der Waals surface area (Å²) >= 11 is 0. The van der Waals surface area contributed by atoms with Gasteiger partial charge in [0.25, 0.3) is 0 Å². The number of halogens is 1. The standard InChI is InChI=1S/C19H29FO2/c1-18-9-4-3-5-11(18)6-7-12-13(18)8-10-19(2)14(12)16(21)15(20)17(19)22/h6,12-17,21-22H,3-5,7-10H2,1-2H3/t12-,13-,14-,15?,16?,17?,18+,19+/m1/s1. The Kier molecular flexibility index (Phi) is 3.30. The van der Waals surface area contributed by atoms with Crippen LogP contribution in [0, 0.1) is 28.6 Å². The highest BCUT2D eigenvalue weighted by molar-refractivity contribution is 5.25. The van der Waals surface area contributed by atoms with Crippen LogP contribution >= 0.6 is 0 Å². The number of aliphatic hydroxyl groups is 2. The number of hydrogen-bond donors (Lipinski definition) is 2. The minimum absolute atomic E-state index is 0.0900. The second-order valence-electron chi connectivity index (χ2n) is 8.81. The molecular formula is C19H29FO2. The van der Waals surface area contributed by atoms with Crippen molar-refractivity contribution in [1.29, 1.82) is 0 Å². The molecule has 0 aromatic heterocycles. The quantitative estimate of drug-likeness (QED) is 0.671. The third-order valence-electron chi connectivity index (χ3n) is 7.99. The predicted octanol–water partition coefficient (Wildman–Crippen LogP) is 3.62. The maximum atomic E-state index is 14.3. The van der Waals surface area contributed by atoms with Gasteiger partial charge in [0, 0.05) is 5.41 Å². The smallest absolute Gasteiger partial charge is 0.152 e. The molecule has 22 heavy (non-hydrogen) atoms. The van der Waals surface area contributed by atoms with E-state index in [1.807, 2.05) is 6.92 Å². The van der Waals surface area contributed by atoms with Crippen LogP contribution in [-0.4, -0.2) is 28.6 Å². The van der Waals surface area contributed by atoms with Crippen LogP contribution in [0.25, 0.3) is 0 Å². The Labute approximate surface area is 132 Å². The molecule has 3 heteroatoms. The molecule has 3 fully saturated rings. The van der Waals surface area contributed by atoms with Gasteiger partial charge < -0.3 is 10.2 Å². The highest BCUT2D eigenvalue weighted by atomic mass is 19.1. The van der Waals surface area contributed by atoms with E-state index < -0.39 is 23.8 Å². The lowest BCUT2D eigenvalue weighted by Gasteiger charge is -2.57. The van der Waals surface area contributed by atoms with E-state index >= 15 is 0 Å². The van der Waals surface area contributed by atoms with Gasteiger partial charge in [-0.05, 0) is 61.7 Å². The molecule has 0 amide bonds. The first kappa shape index (κ1) is 15.1. The van der Waals surface area contributed by atoms with Crippen molar-refractivity contribution >= 4 is 0 Å². The zero-order chi connectivity index (χ0) is 15.7. The average Bonchev–Trinajstić information content (AvgIpc) is 2.68. The monoisotopic (exact) mass is 308 g/mol. The minimum atomic E-state index is -1.47. The summed E-state index contributed by atoms with van der Waals surface area (Å²) in [6.07, 6.45) is 6.86. The Balaban J connectivity index is 1.73. The first-order chi connectivity index (χ1) is 10.4. The fourth-order valence-electron chi connectivity index (χ4n) is 6.72. The normalized spacial score (nSPS) is 57.6. The van der Waals surface area contributed by atoms with Crippen molar-refractivity contribution in [3.05, 3.63) is 11.6 Å². The van der Waals surface area contributed by atoms with Crippen LogP contribution in [0.1, 0.15) is 58.8 Å². The van der Waals surface area contributed by atoms with E-state index in [2.05, 4.69) is 13.0 Å². The van der Waals surface area contributed by atoms with Gasteiger partial charge in [-0.3, -0.25) is 0 Å². The van der Waals surface area contributed by atoms with Crippen LogP contribution in [0.2, 0.25) is 0 Å². The summed E-state index contributed by atoms with van der Waals surface area (Å²) in [5, 5.41) is 20.9. The minimum Gasteiger partial charge on any atom is -0.390 e. The van der Waals surface area contributed by atoms with Crippen molar-refractivity contribution in [2.45, 2.75) is 77.2 Å². The van der Waals surface area contributed by atoms with Crippen LogP contribution in [0.5, 0.6) is 0 Å². The molecular weight excluding hydrogens is 279 g/mol. The average molecular weight is 308 g/mol. The lowest BCUT2D eigenvalue weighted by Crippen LogP contribution is -2.52. The third kappa shape index (κ3) is 1.73. The highest BCUT2D eigenvalue weighted by Crippen LogP contribution is 2.65. The van der Waals surface area contributed by atoms with Crippen molar-refractivity contribution in [1.82, 2.24) is 0 Å². The van der Waals surface area contributed by atoms with E-state index in [9.17, 15) is 14.6 Å². The molecule has 0 bridgehead atoms. The number of rotatable bonds is 0. The number of fused-ring (bicyclic) bond motifs is 5. The zero-order valence-electron chi connectivity index (χ0n) is 13.8. The van der Waals surface area contributed by atoms with E-state index in [-0.39, 0.29) is 11.3 Å². The number of allylic oxidation sites excluding steroid dienone is 2. The molecule has 0 radical (unpaired) electrons. The summed E-state index contributed by atoms with van der Waals surface area (Å²) < 4.78 is 14.3. The Bertz CT molecular complexity index is 504. The first-order valence-electron chi connectivity index (χ1n) is 9.09. The van der Waals surface area contributed by atoms with Gasteiger partial charge in [0.1, 0.15) is 0 Å². The summed E-state index contributed by atoms with van der Waals surface area (Å²) in [5.74, 6) is 0.793. The molecule has 8 atom stereocenters. The van der Waals surface area contributed by atoms with Crippen molar-refractivity contribution < 1.29 is 14.6 Å². The molecule has 0 saturated heterocycles. The molecule has 3 saturated carbocycles. The van der Waals surface area contributed by atoms with Crippen molar-refractivity contribution in [3.8, 4) is 0 Å². The Morgan fingerprint density at radius 2 is 1.95 bits per heavy atom. The summed E-state index contributed by atoms with van der Waals surface area (Å²) in [6, 6.07) is 0. The van der Waals surface area contributed by atoms with Gasteiger partial charge in [-0.15, -0.1) is 0 Å². The Morgan fingerprint density at radius 1 is 1.18 bits per heavy atom. The Hall–Kier alpha value is -0.410. The van der Waals surface area contributed by atoms with E-state index in [1.165, 1.54) is 25.7 Å².